The number of carbonyl (C=O) groups excluding carboxylic acids is 1. The minimum absolute atomic E-state index is 0.310. The number of Topliss-reactive ketones (excluding diaryl/α,β-unsaturated/α-hetero) is 1. The number of hydrogen-bond donors (Lipinski definition) is 0. The number of hydrogen-bond acceptors (Lipinski definition) is 2. The summed E-state index contributed by atoms with van der Waals surface area (Å²) in [5.41, 5.74) is 2.18. The van der Waals surface area contributed by atoms with E-state index in [1.54, 1.807) is 0 Å². The fraction of sp³-hybridized carbons (Fsp3) is 0.615. The molecule has 0 amide bonds. The van der Waals surface area contributed by atoms with Gasteiger partial charge < -0.3 is 9.30 Å². The highest BCUT2D eigenvalue weighted by molar-refractivity contribution is 5.98. The zero-order chi connectivity index (χ0) is 11.4. The SMILES string of the molecule is CCOCCCn1cc2c(c1)C(=O)CCC2. The van der Waals surface area contributed by atoms with E-state index in [2.05, 4.69) is 10.8 Å². The lowest BCUT2D eigenvalue weighted by Crippen LogP contribution is -2.07. The van der Waals surface area contributed by atoms with Gasteiger partial charge >= 0.3 is 0 Å². The van der Waals surface area contributed by atoms with E-state index in [0.717, 1.165) is 51.0 Å². The standard InChI is InChI=1S/C13H19NO2/c1-2-16-8-4-7-14-9-11-5-3-6-13(15)12(11)10-14/h9-10H,2-8H2,1H3. The Hall–Kier alpha value is -1.09. The van der Waals surface area contributed by atoms with E-state index in [4.69, 9.17) is 4.74 Å². The first-order valence-electron chi connectivity index (χ1n) is 6.11. The third kappa shape index (κ3) is 2.53. The minimum Gasteiger partial charge on any atom is -0.382 e. The first-order valence-corrected chi connectivity index (χ1v) is 6.11. The van der Waals surface area contributed by atoms with Crippen molar-refractivity contribution in [1.82, 2.24) is 4.57 Å². The van der Waals surface area contributed by atoms with Crippen molar-refractivity contribution in [1.29, 1.82) is 0 Å². The van der Waals surface area contributed by atoms with Crippen molar-refractivity contribution in [2.24, 2.45) is 0 Å². The highest BCUT2D eigenvalue weighted by atomic mass is 16.5. The maximum absolute atomic E-state index is 11.6. The molecule has 88 valence electrons. The molecule has 3 heteroatoms. The molecule has 0 bridgehead atoms. The maximum Gasteiger partial charge on any atom is 0.164 e. The van der Waals surface area contributed by atoms with Crippen LogP contribution in [0.25, 0.3) is 0 Å². The van der Waals surface area contributed by atoms with Crippen LogP contribution in [-0.4, -0.2) is 23.6 Å². The first-order chi connectivity index (χ1) is 7.81. The molecular formula is C13H19NO2. The van der Waals surface area contributed by atoms with Crippen LogP contribution < -0.4 is 0 Å². The van der Waals surface area contributed by atoms with Crippen molar-refractivity contribution >= 4 is 5.78 Å². The zero-order valence-electron chi connectivity index (χ0n) is 9.87. The summed E-state index contributed by atoms with van der Waals surface area (Å²) in [5, 5.41) is 0. The Balaban J connectivity index is 1.93. The van der Waals surface area contributed by atoms with Crippen LogP contribution in [0.3, 0.4) is 0 Å². The van der Waals surface area contributed by atoms with Gasteiger partial charge in [-0.1, -0.05) is 0 Å². The van der Waals surface area contributed by atoms with E-state index in [9.17, 15) is 4.79 Å². The summed E-state index contributed by atoms with van der Waals surface area (Å²) in [4.78, 5) is 11.6. The third-order valence-electron chi connectivity index (χ3n) is 3.02. The zero-order valence-corrected chi connectivity index (χ0v) is 9.87. The second kappa shape index (κ2) is 5.30. The molecule has 1 aromatic heterocycles. The van der Waals surface area contributed by atoms with E-state index in [1.165, 1.54) is 5.56 Å². The van der Waals surface area contributed by atoms with E-state index in [1.807, 2.05) is 13.1 Å². The van der Waals surface area contributed by atoms with Gasteiger partial charge in [-0.3, -0.25) is 4.79 Å². The minimum atomic E-state index is 0.310. The second-order valence-electron chi connectivity index (χ2n) is 4.26. The molecule has 0 spiro atoms. The number of carbonyl (C=O) groups is 1. The van der Waals surface area contributed by atoms with Gasteiger partial charge in [0.2, 0.25) is 0 Å². The molecule has 0 saturated heterocycles. The molecule has 0 fully saturated rings. The number of nitrogens with zero attached hydrogens (tertiary/aromatic N) is 1. The Morgan fingerprint density at radius 2 is 2.25 bits per heavy atom. The van der Waals surface area contributed by atoms with Crippen LogP contribution in [0, 0.1) is 0 Å². The van der Waals surface area contributed by atoms with E-state index in [0.29, 0.717) is 5.78 Å². The number of fused-ring (bicyclic) bond motifs is 1. The van der Waals surface area contributed by atoms with E-state index < -0.39 is 0 Å². The van der Waals surface area contributed by atoms with Crippen molar-refractivity contribution in [2.75, 3.05) is 13.2 Å². The van der Waals surface area contributed by atoms with Crippen molar-refractivity contribution < 1.29 is 9.53 Å². The van der Waals surface area contributed by atoms with Crippen LogP contribution in [0.2, 0.25) is 0 Å². The normalized spacial score (nSPS) is 15.2. The number of rotatable bonds is 5. The van der Waals surface area contributed by atoms with Crippen molar-refractivity contribution in [3.8, 4) is 0 Å². The number of aromatic nitrogens is 1. The predicted molar refractivity (Wildman–Crippen MR) is 62.8 cm³/mol. The van der Waals surface area contributed by atoms with Crippen molar-refractivity contribution in [3.63, 3.8) is 0 Å². The Labute approximate surface area is 96.4 Å². The van der Waals surface area contributed by atoms with Crippen molar-refractivity contribution in [2.45, 2.75) is 39.2 Å². The fourth-order valence-corrected chi connectivity index (χ4v) is 2.20. The quantitative estimate of drug-likeness (QED) is 0.715. The molecule has 1 aromatic rings. The summed E-state index contributed by atoms with van der Waals surface area (Å²) >= 11 is 0. The molecule has 2 rings (SSSR count). The smallest absolute Gasteiger partial charge is 0.164 e. The van der Waals surface area contributed by atoms with Gasteiger partial charge in [0.05, 0.1) is 0 Å². The van der Waals surface area contributed by atoms with Gasteiger partial charge in [-0.25, -0.2) is 0 Å². The summed E-state index contributed by atoms with van der Waals surface area (Å²) in [7, 11) is 0. The lowest BCUT2D eigenvalue weighted by atomic mass is 9.95. The molecule has 1 heterocycles. The number of ketones is 1. The second-order valence-corrected chi connectivity index (χ2v) is 4.26. The van der Waals surface area contributed by atoms with Crippen LogP contribution in [0.1, 0.15) is 42.1 Å². The van der Waals surface area contributed by atoms with Gasteiger partial charge in [-0.05, 0) is 31.7 Å². The average molecular weight is 221 g/mol. The van der Waals surface area contributed by atoms with Gasteiger partial charge in [-0.15, -0.1) is 0 Å². The van der Waals surface area contributed by atoms with Crippen molar-refractivity contribution in [3.05, 3.63) is 23.5 Å². The molecular weight excluding hydrogens is 202 g/mol. The molecule has 0 atom stereocenters. The highest BCUT2D eigenvalue weighted by Gasteiger charge is 2.18. The fourth-order valence-electron chi connectivity index (χ4n) is 2.20. The van der Waals surface area contributed by atoms with Crippen LogP contribution in [0.15, 0.2) is 12.4 Å². The Morgan fingerprint density at radius 1 is 1.38 bits per heavy atom. The largest absolute Gasteiger partial charge is 0.382 e. The summed E-state index contributed by atoms with van der Waals surface area (Å²) in [6.45, 7) is 4.53. The Kier molecular flexibility index (Phi) is 3.78. The molecule has 0 N–H and O–H groups in total. The molecule has 3 nitrogen and oxygen atoms in total. The van der Waals surface area contributed by atoms with E-state index in [-0.39, 0.29) is 0 Å². The molecule has 0 saturated carbocycles. The molecule has 0 aliphatic heterocycles. The number of aryl methyl sites for hydroxylation is 2. The van der Waals surface area contributed by atoms with Gasteiger partial charge in [0.1, 0.15) is 0 Å². The van der Waals surface area contributed by atoms with Crippen LogP contribution in [-0.2, 0) is 17.7 Å². The van der Waals surface area contributed by atoms with Crippen LogP contribution in [0.5, 0.6) is 0 Å². The molecule has 1 aliphatic carbocycles. The van der Waals surface area contributed by atoms with E-state index >= 15 is 0 Å². The Morgan fingerprint density at radius 3 is 3.00 bits per heavy atom. The van der Waals surface area contributed by atoms with Gasteiger partial charge in [-0.2, -0.15) is 0 Å². The summed E-state index contributed by atoms with van der Waals surface area (Å²) in [6.07, 6.45) is 7.92. The first kappa shape index (κ1) is 11.4. The molecule has 16 heavy (non-hydrogen) atoms. The summed E-state index contributed by atoms with van der Waals surface area (Å²) in [5.74, 6) is 0.310. The lowest BCUT2D eigenvalue weighted by Gasteiger charge is -2.07. The average Bonchev–Trinajstić information content (AvgIpc) is 2.69. The predicted octanol–water partition coefficient (Wildman–Crippen LogP) is 2.43. The Bertz CT molecular complexity index is 368. The maximum atomic E-state index is 11.6. The monoisotopic (exact) mass is 221 g/mol. The van der Waals surface area contributed by atoms with Gasteiger partial charge in [0, 0.05) is 44.1 Å². The third-order valence-corrected chi connectivity index (χ3v) is 3.02. The molecule has 0 unspecified atom stereocenters. The van der Waals surface area contributed by atoms with Gasteiger partial charge in [0.15, 0.2) is 5.78 Å². The summed E-state index contributed by atoms with van der Waals surface area (Å²) < 4.78 is 7.43. The van der Waals surface area contributed by atoms with Crippen LogP contribution in [0.4, 0.5) is 0 Å². The molecule has 1 aliphatic rings. The summed E-state index contributed by atoms with van der Waals surface area (Å²) in [6, 6.07) is 0. The molecule has 0 aromatic carbocycles. The topological polar surface area (TPSA) is 31.2 Å². The highest BCUT2D eigenvalue weighted by Crippen LogP contribution is 2.22. The molecule has 0 radical (unpaired) electrons. The lowest BCUT2D eigenvalue weighted by molar-refractivity contribution is 0.0973. The van der Waals surface area contributed by atoms with Crippen LogP contribution >= 0.6 is 0 Å². The number of ether oxygens (including phenoxy) is 1. The van der Waals surface area contributed by atoms with Gasteiger partial charge in [0.25, 0.3) is 0 Å².